The van der Waals surface area contributed by atoms with Crippen LogP contribution in [0.5, 0.6) is 11.5 Å². The maximum atomic E-state index is 12.7. The van der Waals surface area contributed by atoms with Gasteiger partial charge >= 0.3 is 0 Å². The van der Waals surface area contributed by atoms with E-state index in [1.807, 2.05) is 26.0 Å². The van der Waals surface area contributed by atoms with Crippen LogP contribution < -0.4 is 15.0 Å². The van der Waals surface area contributed by atoms with Crippen molar-refractivity contribution in [2.75, 3.05) is 19.8 Å². The molecule has 2 heterocycles. The minimum absolute atomic E-state index is 0.0660. The molecule has 30 heavy (non-hydrogen) atoms. The second-order valence-electron chi connectivity index (χ2n) is 8.31. The van der Waals surface area contributed by atoms with Gasteiger partial charge in [0.2, 0.25) is 0 Å². The highest BCUT2D eigenvalue weighted by molar-refractivity contribution is 5.41. The van der Waals surface area contributed by atoms with Gasteiger partial charge in [-0.05, 0) is 39.2 Å². The van der Waals surface area contributed by atoms with E-state index >= 15 is 0 Å². The number of nitrogens with one attached hydrogen (secondary N) is 1. The number of rotatable bonds is 7. The summed E-state index contributed by atoms with van der Waals surface area (Å²) in [6, 6.07) is 6.07. The third-order valence-electron chi connectivity index (χ3n) is 6.21. The minimum Gasteiger partial charge on any atom is -0.494 e. The van der Waals surface area contributed by atoms with E-state index in [-0.39, 0.29) is 5.56 Å². The summed E-state index contributed by atoms with van der Waals surface area (Å²) in [6.07, 6.45) is 6.77. The Hall–Kier alpha value is -2.34. The first kappa shape index (κ1) is 20.9. The van der Waals surface area contributed by atoms with E-state index in [1.54, 1.807) is 0 Å². The van der Waals surface area contributed by atoms with Crippen LogP contribution in [0.2, 0.25) is 0 Å². The zero-order chi connectivity index (χ0) is 20.9. The van der Waals surface area contributed by atoms with Crippen LogP contribution in [0.25, 0.3) is 0 Å². The van der Waals surface area contributed by atoms with Gasteiger partial charge < -0.3 is 14.5 Å². The number of aromatic nitrogens is 2. The lowest BCUT2D eigenvalue weighted by atomic mass is 9.88. The fourth-order valence-electron chi connectivity index (χ4n) is 4.67. The van der Waals surface area contributed by atoms with Crippen molar-refractivity contribution in [3.8, 4) is 11.5 Å². The molecule has 2 aromatic rings. The SMILES string of the molecule is CCOc1ccc(CN2CCc3c(nc(C4CCCCC4)[nH]c3=O)C2)c(OCC)c1. The van der Waals surface area contributed by atoms with E-state index in [0.717, 1.165) is 66.5 Å². The Morgan fingerprint density at radius 2 is 1.93 bits per heavy atom. The molecule has 1 saturated carbocycles. The third kappa shape index (κ3) is 4.69. The molecule has 4 rings (SSSR count). The Kier molecular flexibility index (Phi) is 6.72. The zero-order valence-electron chi connectivity index (χ0n) is 18.2. The predicted octanol–water partition coefficient (Wildman–Crippen LogP) is 4.17. The summed E-state index contributed by atoms with van der Waals surface area (Å²) in [5.74, 6) is 3.01. The lowest BCUT2D eigenvalue weighted by molar-refractivity contribution is 0.233. The highest BCUT2D eigenvalue weighted by atomic mass is 16.5. The topological polar surface area (TPSA) is 67.5 Å². The molecule has 1 aliphatic heterocycles. The van der Waals surface area contributed by atoms with Gasteiger partial charge in [0.1, 0.15) is 17.3 Å². The normalized spacial score (nSPS) is 17.5. The van der Waals surface area contributed by atoms with Crippen LogP contribution in [0.15, 0.2) is 23.0 Å². The molecule has 0 bridgehead atoms. The lowest BCUT2D eigenvalue weighted by Gasteiger charge is -2.29. The largest absolute Gasteiger partial charge is 0.494 e. The highest BCUT2D eigenvalue weighted by Crippen LogP contribution is 2.31. The van der Waals surface area contributed by atoms with Crippen molar-refractivity contribution in [2.24, 2.45) is 0 Å². The van der Waals surface area contributed by atoms with Gasteiger partial charge in [-0.3, -0.25) is 9.69 Å². The number of H-pyrrole nitrogens is 1. The van der Waals surface area contributed by atoms with Gasteiger partial charge in [0.15, 0.2) is 0 Å². The Labute approximate surface area is 178 Å². The summed E-state index contributed by atoms with van der Waals surface area (Å²) in [4.78, 5) is 23.1. The first-order valence-electron chi connectivity index (χ1n) is 11.4. The van der Waals surface area contributed by atoms with Gasteiger partial charge in [-0.25, -0.2) is 4.98 Å². The summed E-state index contributed by atoms with van der Waals surface area (Å²) in [5, 5.41) is 0. The lowest BCUT2D eigenvalue weighted by Crippen LogP contribution is -2.35. The predicted molar refractivity (Wildman–Crippen MR) is 117 cm³/mol. The van der Waals surface area contributed by atoms with Gasteiger partial charge in [0.25, 0.3) is 5.56 Å². The molecule has 6 heteroatoms. The summed E-state index contributed by atoms with van der Waals surface area (Å²) >= 11 is 0. The standard InChI is InChI=1S/C24H33N3O3/c1-3-29-19-11-10-18(22(14-19)30-4-2)15-27-13-12-20-21(16-27)25-23(26-24(20)28)17-8-6-5-7-9-17/h10-11,14,17H,3-9,12-13,15-16H2,1-2H3,(H,25,26,28). The number of fused-ring (bicyclic) bond motifs is 1. The van der Waals surface area contributed by atoms with Crippen molar-refractivity contribution in [1.29, 1.82) is 0 Å². The fraction of sp³-hybridized carbons (Fsp3) is 0.583. The molecular weight excluding hydrogens is 378 g/mol. The molecular formula is C24H33N3O3. The first-order valence-corrected chi connectivity index (χ1v) is 11.4. The number of hydrogen-bond donors (Lipinski definition) is 1. The highest BCUT2D eigenvalue weighted by Gasteiger charge is 2.25. The molecule has 1 aliphatic carbocycles. The number of ether oxygens (including phenoxy) is 2. The smallest absolute Gasteiger partial charge is 0.254 e. The molecule has 0 atom stereocenters. The number of benzene rings is 1. The molecule has 0 amide bonds. The van der Waals surface area contributed by atoms with Crippen LogP contribution in [0.4, 0.5) is 0 Å². The monoisotopic (exact) mass is 411 g/mol. The maximum absolute atomic E-state index is 12.7. The van der Waals surface area contributed by atoms with Gasteiger partial charge in [-0.15, -0.1) is 0 Å². The molecule has 6 nitrogen and oxygen atoms in total. The molecule has 0 spiro atoms. The molecule has 0 radical (unpaired) electrons. The van der Waals surface area contributed by atoms with E-state index in [1.165, 1.54) is 19.3 Å². The fourth-order valence-corrected chi connectivity index (χ4v) is 4.67. The Morgan fingerprint density at radius 3 is 2.70 bits per heavy atom. The average molecular weight is 412 g/mol. The van der Waals surface area contributed by atoms with Crippen LogP contribution in [-0.4, -0.2) is 34.6 Å². The van der Waals surface area contributed by atoms with E-state index in [2.05, 4.69) is 16.0 Å². The van der Waals surface area contributed by atoms with E-state index < -0.39 is 0 Å². The minimum atomic E-state index is 0.0660. The van der Waals surface area contributed by atoms with Crippen LogP contribution in [-0.2, 0) is 19.5 Å². The Bertz CT molecular complexity index is 918. The second kappa shape index (κ2) is 9.65. The number of aromatic amines is 1. The molecule has 2 aliphatic rings. The van der Waals surface area contributed by atoms with Crippen LogP contribution in [0.1, 0.15) is 74.5 Å². The summed E-state index contributed by atoms with van der Waals surface area (Å²) in [6.45, 7) is 7.56. The molecule has 1 N–H and O–H groups in total. The van der Waals surface area contributed by atoms with Crippen molar-refractivity contribution < 1.29 is 9.47 Å². The first-order chi connectivity index (χ1) is 14.7. The maximum Gasteiger partial charge on any atom is 0.254 e. The molecule has 162 valence electrons. The number of hydrogen-bond acceptors (Lipinski definition) is 5. The van der Waals surface area contributed by atoms with E-state index in [9.17, 15) is 4.79 Å². The molecule has 0 saturated heterocycles. The third-order valence-corrected chi connectivity index (χ3v) is 6.21. The van der Waals surface area contributed by atoms with Crippen molar-refractivity contribution in [3.63, 3.8) is 0 Å². The van der Waals surface area contributed by atoms with Gasteiger partial charge in [-0.1, -0.05) is 25.3 Å². The van der Waals surface area contributed by atoms with Crippen molar-refractivity contribution in [1.82, 2.24) is 14.9 Å². The van der Waals surface area contributed by atoms with Crippen LogP contribution in [0, 0.1) is 0 Å². The van der Waals surface area contributed by atoms with E-state index in [4.69, 9.17) is 14.5 Å². The van der Waals surface area contributed by atoms with Crippen molar-refractivity contribution in [3.05, 3.63) is 51.2 Å². The van der Waals surface area contributed by atoms with Crippen molar-refractivity contribution >= 4 is 0 Å². The Morgan fingerprint density at radius 1 is 1.13 bits per heavy atom. The van der Waals surface area contributed by atoms with Crippen molar-refractivity contribution in [2.45, 2.75) is 71.4 Å². The average Bonchev–Trinajstić information content (AvgIpc) is 2.76. The van der Waals surface area contributed by atoms with Crippen LogP contribution in [0.3, 0.4) is 0 Å². The van der Waals surface area contributed by atoms with Gasteiger partial charge in [0, 0.05) is 42.7 Å². The van der Waals surface area contributed by atoms with Gasteiger partial charge in [0.05, 0.1) is 18.9 Å². The molecule has 1 aromatic carbocycles. The molecule has 1 fully saturated rings. The quantitative estimate of drug-likeness (QED) is 0.741. The Balaban J connectivity index is 1.52. The number of nitrogens with zero attached hydrogens (tertiary/aromatic N) is 2. The molecule has 0 unspecified atom stereocenters. The summed E-state index contributed by atoms with van der Waals surface area (Å²) < 4.78 is 11.5. The van der Waals surface area contributed by atoms with Gasteiger partial charge in [-0.2, -0.15) is 0 Å². The zero-order valence-corrected chi connectivity index (χ0v) is 18.2. The van der Waals surface area contributed by atoms with Crippen LogP contribution >= 0.6 is 0 Å². The summed E-state index contributed by atoms with van der Waals surface area (Å²) in [7, 11) is 0. The molecule has 1 aromatic heterocycles. The summed E-state index contributed by atoms with van der Waals surface area (Å²) in [5.41, 5.74) is 3.02. The van der Waals surface area contributed by atoms with E-state index in [0.29, 0.717) is 25.7 Å². The second-order valence-corrected chi connectivity index (χ2v) is 8.31.